The highest BCUT2D eigenvalue weighted by atomic mass is 32.1. The average Bonchev–Trinajstić information content (AvgIpc) is 3.67. The topological polar surface area (TPSA) is 94.6 Å². The molecule has 42 heavy (non-hydrogen) atoms. The number of carbonyl (C=O) groups is 1. The minimum atomic E-state index is -0.629. The van der Waals surface area contributed by atoms with Crippen LogP contribution in [-0.2, 0) is 20.7 Å². The van der Waals surface area contributed by atoms with Gasteiger partial charge in [-0.2, -0.15) is 0 Å². The summed E-state index contributed by atoms with van der Waals surface area (Å²) in [5.41, 5.74) is 3.26. The first kappa shape index (κ1) is 27.8. The maximum absolute atomic E-state index is 15.0. The normalized spacial score (nSPS) is 13.3. The van der Waals surface area contributed by atoms with E-state index in [1.165, 1.54) is 47.7 Å². The van der Waals surface area contributed by atoms with E-state index in [1.54, 1.807) is 24.5 Å². The lowest BCUT2D eigenvalue weighted by molar-refractivity contribution is -0.119. The summed E-state index contributed by atoms with van der Waals surface area (Å²) in [6.07, 6.45) is 2.95. The van der Waals surface area contributed by atoms with Crippen LogP contribution in [0.3, 0.4) is 0 Å². The van der Waals surface area contributed by atoms with Crippen LogP contribution in [0.2, 0.25) is 0 Å². The smallest absolute Gasteiger partial charge is 0.230 e. The molecule has 1 amide bonds. The van der Waals surface area contributed by atoms with Crippen molar-refractivity contribution in [3.05, 3.63) is 102 Å². The summed E-state index contributed by atoms with van der Waals surface area (Å²) >= 11 is 6.62. The van der Waals surface area contributed by atoms with Gasteiger partial charge < -0.3 is 24.8 Å². The predicted molar refractivity (Wildman–Crippen MR) is 158 cm³/mol. The molecule has 1 aliphatic heterocycles. The van der Waals surface area contributed by atoms with Gasteiger partial charge in [0.25, 0.3) is 0 Å². The Morgan fingerprint density at radius 1 is 1.00 bits per heavy atom. The van der Waals surface area contributed by atoms with Crippen LogP contribution in [0.15, 0.2) is 79.1 Å². The summed E-state index contributed by atoms with van der Waals surface area (Å²) in [4.78, 5) is 22.1. The van der Waals surface area contributed by atoms with Crippen LogP contribution >= 0.6 is 23.6 Å². The van der Waals surface area contributed by atoms with Gasteiger partial charge in [0.05, 0.1) is 40.4 Å². The molecule has 0 unspecified atom stereocenters. The van der Waals surface area contributed by atoms with Crippen LogP contribution in [-0.4, -0.2) is 34.2 Å². The number of hydrogen-bond donors (Lipinski definition) is 2. The van der Waals surface area contributed by atoms with E-state index in [9.17, 15) is 9.18 Å². The summed E-state index contributed by atoms with van der Waals surface area (Å²) in [5, 5.41) is 5.32. The Morgan fingerprint density at radius 3 is 2.55 bits per heavy atom. The largest absolute Gasteiger partial charge is 0.453 e. The molecular formula is C30H22F2N4O4S2. The number of anilines is 1. The van der Waals surface area contributed by atoms with Crippen molar-refractivity contribution in [2.45, 2.75) is 12.7 Å². The Hall–Kier alpha value is -4.36. The lowest BCUT2D eigenvalue weighted by Gasteiger charge is -2.12. The standard InChI is InChI=1S/C30H22F2N4O4S2/c31-19-4-1-17(2-5-19)13-27(37)36-30(41)35-20-6-8-24(21(32)14-20)40-25-9-10-33-23-15-26(42-28(23)25)22-7-3-18(16-34-22)29-38-11-12-39-29/h1-10,14-16,29H,11-13H2,(H2,35,36,37,41). The summed E-state index contributed by atoms with van der Waals surface area (Å²) in [7, 11) is 0. The van der Waals surface area contributed by atoms with Crippen molar-refractivity contribution < 1.29 is 27.8 Å². The van der Waals surface area contributed by atoms with Crippen LogP contribution in [0.4, 0.5) is 14.5 Å². The van der Waals surface area contributed by atoms with Gasteiger partial charge in [0.1, 0.15) is 11.6 Å². The number of fused-ring (bicyclic) bond motifs is 1. The van der Waals surface area contributed by atoms with Crippen LogP contribution in [0.1, 0.15) is 17.4 Å². The van der Waals surface area contributed by atoms with Crippen molar-refractivity contribution in [2.24, 2.45) is 0 Å². The number of amides is 1. The molecule has 5 aromatic rings. The van der Waals surface area contributed by atoms with E-state index >= 15 is 4.39 Å². The van der Waals surface area contributed by atoms with Crippen molar-refractivity contribution in [3.63, 3.8) is 0 Å². The zero-order chi connectivity index (χ0) is 29.1. The van der Waals surface area contributed by atoms with E-state index in [-0.39, 0.29) is 29.0 Å². The molecule has 0 bridgehead atoms. The number of rotatable bonds is 7. The number of benzene rings is 2. The van der Waals surface area contributed by atoms with E-state index in [1.807, 2.05) is 18.2 Å². The number of thiophene rings is 1. The molecule has 212 valence electrons. The number of thiocarbonyl (C=S) groups is 1. The average molecular weight is 605 g/mol. The van der Waals surface area contributed by atoms with Gasteiger partial charge in [-0.25, -0.2) is 8.78 Å². The van der Waals surface area contributed by atoms with Gasteiger partial charge in [0.2, 0.25) is 5.91 Å². The molecule has 2 N–H and O–H groups in total. The molecule has 0 saturated carbocycles. The van der Waals surface area contributed by atoms with Crippen molar-refractivity contribution in [1.82, 2.24) is 15.3 Å². The fourth-order valence-electron chi connectivity index (χ4n) is 4.26. The Labute approximate surface area is 248 Å². The highest BCUT2D eigenvalue weighted by molar-refractivity contribution is 7.80. The van der Waals surface area contributed by atoms with E-state index in [4.69, 9.17) is 26.4 Å². The Morgan fingerprint density at radius 2 is 1.81 bits per heavy atom. The van der Waals surface area contributed by atoms with Gasteiger partial charge in [0, 0.05) is 35.8 Å². The van der Waals surface area contributed by atoms with Gasteiger partial charge in [-0.3, -0.25) is 14.8 Å². The molecule has 0 atom stereocenters. The highest BCUT2D eigenvalue weighted by Crippen LogP contribution is 2.39. The number of ether oxygens (including phenoxy) is 3. The zero-order valence-electron chi connectivity index (χ0n) is 21.8. The quantitative estimate of drug-likeness (QED) is 0.203. The number of halogens is 2. The maximum atomic E-state index is 15.0. The minimum Gasteiger partial charge on any atom is -0.453 e. The Bertz CT molecular complexity index is 1760. The molecule has 2 aromatic carbocycles. The van der Waals surface area contributed by atoms with Crippen molar-refractivity contribution in [3.8, 4) is 22.1 Å². The van der Waals surface area contributed by atoms with E-state index < -0.39 is 12.1 Å². The summed E-state index contributed by atoms with van der Waals surface area (Å²) in [6.45, 7) is 1.12. The fraction of sp³-hybridized carbons (Fsp3) is 0.133. The number of nitrogens with zero attached hydrogens (tertiary/aromatic N) is 2. The van der Waals surface area contributed by atoms with Gasteiger partial charge in [-0.05, 0) is 54.2 Å². The molecule has 1 aliphatic rings. The van der Waals surface area contributed by atoms with Crippen molar-refractivity contribution in [2.75, 3.05) is 18.5 Å². The zero-order valence-corrected chi connectivity index (χ0v) is 23.4. The summed E-state index contributed by atoms with van der Waals surface area (Å²) in [6, 6.07) is 17.2. The van der Waals surface area contributed by atoms with Crippen LogP contribution in [0, 0.1) is 11.6 Å². The fourth-order valence-corrected chi connectivity index (χ4v) is 5.54. The van der Waals surface area contributed by atoms with Crippen LogP contribution in [0.5, 0.6) is 11.5 Å². The molecule has 1 fully saturated rings. The van der Waals surface area contributed by atoms with Crippen molar-refractivity contribution >= 4 is 50.5 Å². The molecule has 12 heteroatoms. The Kier molecular flexibility index (Phi) is 8.11. The number of hydrogen-bond acceptors (Lipinski definition) is 8. The maximum Gasteiger partial charge on any atom is 0.230 e. The second kappa shape index (κ2) is 12.2. The third kappa shape index (κ3) is 6.42. The first-order valence-corrected chi connectivity index (χ1v) is 14.0. The summed E-state index contributed by atoms with van der Waals surface area (Å²) < 4.78 is 45.8. The van der Waals surface area contributed by atoms with E-state index in [0.29, 0.717) is 35.7 Å². The number of carbonyl (C=O) groups excluding carboxylic acids is 1. The predicted octanol–water partition coefficient (Wildman–Crippen LogP) is 6.53. The van der Waals surface area contributed by atoms with E-state index in [2.05, 4.69) is 20.6 Å². The molecule has 3 aromatic heterocycles. The molecule has 8 nitrogen and oxygen atoms in total. The second-order valence-corrected chi connectivity index (χ2v) is 10.7. The number of pyridine rings is 2. The van der Waals surface area contributed by atoms with Gasteiger partial charge in [-0.1, -0.05) is 18.2 Å². The van der Waals surface area contributed by atoms with Crippen molar-refractivity contribution in [1.29, 1.82) is 0 Å². The number of nitrogens with one attached hydrogen (secondary N) is 2. The third-order valence-electron chi connectivity index (χ3n) is 6.25. The first-order valence-electron chi connectivity index (χ1n) is 12.8. The van der Waals surface area contributed by atoms with Gasteiger partial charge in [0.15, 0.2) is 23.0 Å². The number of aromatic nitrogens is 2. The monoisotopic (exact) mass is 604 g/mol. The highest BCUT2D eigenvalue weighted by Gasteiger charge is 2.19. The third-order valence-corrected chi connectivity index (χ3v) is 7.61. The van der Waals surface area contributed by atoms with Crippen LogP contribution < -0.4 is 15.4 Å². The second-order valence-electron chi connectivity index (χ2n) is 9.24. The minimum absolute atomic E-state index is 0.00192. The van der Waals surface area contributed by atoms with Crippen LogP contribution in [0.25, 0.3) is 20.8 Å². The SMILES string of the molecule is O=C(Cc1ccc(F)cc1)NC(=S)Nc1ccc(Oc2ccnc3cc(-c4ccc(C5OCCO5)cn4)sc23)c(F)c1. The molecule has 1 saturated heterocycles. The van der Waals surface area contributed by atoms with Gasteiger partial charge in [-0.15, -0.1) is 11.3 Å². The molecule has 6 rings (SSSR count). The lowest BCUT2D eigenvalue weighted by Crippen LogP contribution is -2.35. The molecule has 0 spiro atoms. The molecule has 0 radical (unpaired) electrons. The van der Waals surface area contributed by atoms with E-state index in [0.717, 1.165) is 20.8 Å². The van der Waals surface area contributed by atoms with Gasteiger partial charge >= 0.3 is 0 Å². The Balaban J connectivity index is 1.11. The lowest BCUT2D eigenvalue weighted by atomic mass is 10.1. The molecular weight excluding hydrogens is 582 g/mol. The summed E-state index contributed by atoms with van der Waals surface area (Å²) in [5.74, 6) is -0.948. The molecule has 0 aliphatic carbocycles. The molecule has 4 heterocycles. The first-order chi connectivity index (χ1) is 20.4.